The number of hydrogen-bond donors (Lipinski definition) is 1. The summed E-state index contributed by atoms with van der Waals surface area (Å²) in [6, 6.07) is 6.05. The maximum atomic E-state index is 6.33. The molecule has 20 heavy (non-hydrogen) atoms. The van der Waals surface area contributed by atoms with Crippen molar-refractivity contribution in [1.82, 2.24) is 5.32 Å². The molecule has 0 saturated heterocycles. The van der Waals surface area contributed by atoms with Crippen molar-refractivity contribution < 1.29 is 9.47 Å². The standard InChI is InChI=1S/C17H29NO2/c1-8-17(5,12-18-6)20-15-10-9-13(19-7)11-14(15)16(2,3)4/h9-11,18H,8,12H2,1-7H3. The van der Waals surface area contributed by atoms with E-state index in [1.54, 1.807) is 7.11 Å². The lowest BCUT2D eigenvalue weighted by Gasteiger charge is -2.33. The van der Waals surface area contributed by atoms with Crippen molar-refractivity contribution in [1.29, 1.82) is 0 Å². The highest BCUT2D eigenvalue weighted by Crippen LogP contribution is 2.36. The van der Waals surface area contributed by atoms with Crippen LogP contribution >= 0.6 is 0 Å². The summed E-state index contributed by atoms with van der Waals surface area (Å²) in [7, 11) is 3.65. The third-order valence-electron chi connectivity index (χ3n) is 3.65. The zero-order valence-corrected chi connectivity index (χ0v) is 14.0. The molecule has 0 aliphatic heterocycles. The second-order valence-electron chi connectivity index (χ2n) is 6.55. The fourth-order valence-corrected chi connectivity index (χ4v) is 2.18. The molecule has 1 rings (SSSR count). The first-order valence-electron chi connectivity index (χ1n) is 7.28. The Morgan fingerprint density at radius 3 is 2.25 bits per heavy atom. The molecule has 0 aromatic heterocycles. The van der Waals surface area contributed by atoms with Gasteiger partial charge in [-0.15, -0.1) is 0 Å². The molecule has 114 valence electrons. The molecule has 0 aliphatic rings. The van der Waals surface area contributed by atoms with E-state index >= 15 is 0 Å². The number of likely N-dealkylation sites (N-methyl/N-ethyl adjacent to an activating group) is 1. The molecule has 0 radical (unpaired) electrons. The molecule has 1 unspecified atom stereocenters. The number of benzene rings is 1. The maximum Gasteiger partial charge on any atom is 0.124 e. The van der Waals surface area contributed by atoms with Crippen LogP contribution in [0.4, 0.5) is 0 Å². The van der Waals surface area contributed by atoms with Gasteiger partial charge in [0.2, 0.25) is 0 Å². The Morgan fingerprint density at radius 2 is 1.80 bits per heavy atom. The van der Waals surface area contributed by atoms with E-state index < -0.39 is 0 Å². The predicted octanol–water partition coefficient (Wildman–Crippen LogP) is 3.76. The first-order chi connectivity index (χ1) is 9.25. The van der Waals surface area contributed by atoms with Gasteiger partial charge in [-0.2, -0.15) is 0 Å². The molecule has 0 amide bonds. The van der Waals surface area contributed by atoms with Crippen LogP contribution in [-0.2, 0) is 5.41 Å². The zero-order chi connectivity index (χ0) is 15.4. The topological polar surface area (TPSA) is 30.5 Å². The van der Waals surface area contributed by atoms with Crippen LogP contribution in [0.3, 0.4) is 0 Å². The summed E-state index contributed by atoms with van der Waals surface area (Å²) in [6.07, 6.45) is 0.948. The summed E-state index contributed by atoms with van der Waals surface area (Å²) in [5.74, 6) is 1.81. The number of nitrogens with one attached hydrogen (secondary N) is 1. The van der Waals surface area contributed by atoms with Gasteiger partial charge < -0.3 is 14.8 Å². The molecule has 1 atom stereocenters. The highest BCUT2D eigenvalue weighted by molar-refractivity contribution is 5.44. The second-order valence-corrected chi connectivity index (χ2v) is 6.55. The van der Waals surface area contributed by atoms with Crippen molar-refractivity contribution >= 4 is 0 Å². The molecule has 1 N–H and O–H groups in total. The summed E-state index contributed by atoms with van der Waals surface area (Å²) >= 11 is 0. The molecular formula is C17H29NO2. The van der Waals surface area contributed by atoms with E-state index in [1.165, 1.54) is 5.56 Å². The molecule has 1 aromatic rings. The Morgan fingerprint density at radius 1 is 1.15 bits per heavy atom. The van der Waals surface area contributed by atoms with Crippen molar-refractivity contribution in [3.8, 4) is 11.5 Å². The summed E-state index contributed by atoms with van der Waals surface area (Å²) in [4.78, 5) is 0. The zero-order valence-electron chi connectivity index (χ0n) is 14.0. The van der Waals surface area contributed by atoms with Crippen LogP contribution in [0.15, 0.2) is 18.2 Å². The minimum absolute atomic E-state index is 0.0121. The lowest BCUT2D eigenvalue weighted by atomic mass is 9.86. The first kappa shape index (κ1) is 16.8. The smallest absolute Gasteiger partial charge is 0.124 e. The molecule has 0 bridgehead atoms. The van der Waals surface area contributed by atoms with Gasteiger partial charge in [0.15, 0.2) is 0 Å². The van der Waals surface area contributed by atoms with Crippen LogP contribution in [0.25, 0.3) is 0 Å². The van der Waals surface area contributed by atoms with Crippen molar-refractivity contribution in [2.45, 2.75) is 52.1 Å². The van der Waals surface area contributed by atoms with E-state index in [0.29, 0.717) is 0 Å². The first-order valence-corrected chi connectivity index (χ1v) is 7.28. The second kappa shape index (κ2) is 6.49. The highest BCUT2D eigenvalue weighted by atomic mass is 16.5. The monoisotopic (exact) mass is 279 g/mol. The van der Waals surface area contributed by atoms with E-state index in [1.807, 2.05) is 19.2 Å². The summed E-state index contributed by atoms with van der Waals surface area (Å²) in [5.41, 5.74) is 0.981. The normalized spacial score (nSPS) is 14.8. The van der Waals surface area contributed by atoms with Crippen LogP contribution in [0.1, 0.15) is 46.6 Å². The van der Waals surface area contributed by atoms with Crippen LogP contribution < -0.4 is 14.8 Å². The third-order valence-corrected chi connectivity index (χ3v) is 3.65. The van der Waals surface area contributed by atoms with Crippen LogP contribution in [-0.4, -0.2) is 26.3 Å². The number of rotatable bonds is 6. The SMILES string of the molecule is CCC(C)(CNC)Oc1ccc(OC)cc1C(C)(C)C. The molecule has 3 heteroatoms. The van der Waals surface area contributed by atoms with Gasteiger partial charge in [0.05, 0.1) is 7.11 Å². The Labute approximate surface area is 123 Å². The van der Waals surface area contributed by atoms with Gasteiger partial charge in [-0.1, -0.05) is 27.7 Å². The van der Waals surface area contributed by atoms with Crippen molar-refractivity contribution in [3.63, 3.8) is 0 Å². The lowest BCUT2D eigenvalue weighted by Crippen LogP contribution is -2.41. The number of hydrogen-bond acceptors (Lipinski definition) is 3. The molecule has 0 spiro atoms. The quantitative estimate of drug-likeness (QED) is 0.860. The summed E-state index contributed by atoms with van der Waals surface area (Å²) < 4.78 is 11.7. The maximum absolute atomic E-state index is 6.33. The predicted molar refractivity (Wildman–Crippen MR) is 84.9 cm³/mol. The van der Waals surface area contributed by atoms with Crippen molar-refractivity contribution in [2.75, 3.05) is 20.7 Å². The van der Waals surface area contributed by atoms with E-state index in [2.05, 4.69) is 46.0 Å². The van der Waals surface area contributed by atoms with E-state index in [0.717, 1.165) is 24.5 Å². The van der Waals surface area contributed by atoms with E-state index in [4.69, 9.17) is 9.47 Å². The van der Waals surface area contributed by atoms with Crippen LogP contribution in [0.5, 0.6) is 11.5 Å². The molecule has 0 heterocycles. The van der Waals surface area contributed by atoms with Gasteiger partial charge in [0.25, 0.3) is 0 Å². The summed E-state index contributed by atoms with van der Waals surface area (Å²) in [5, 5.41) is 3.21. The molecule has 0 saturated carbocycles. The molecule has 0 fully saturated rings. The van der Waals surface area contributed by atoms with Gasteiger partial charge >= 0.3 is 0 Å². The number of ether oxygens (including phenoxy) is 2. The molecule has 0 aliphatic carbocycles. The minimum atomic E-state index is -0.205. The fraction of sp³-hybridized carbons (Fsp3) is 0.647. The summed E-state index contributed by atoms with van der Waals surface area (Å²) in [6.45, 7) is 11.7. The Balaban J connectivity index is 3.17. The van der Waals surface area contributed by atoms with Gasteiger partial charge in [-0.3, -0.25) is 0 Å². The third kappa shape index (κ3) is 4.14. The van der Waals surface area contributed by atoms with Crippen molar-refractivity contribution in [2.24, 2.45) is 0 Å². The van der Waals surface area contributed by atoms with Crippen LogP contribution in [0, 0.1) is 0 Å². The Hall–Kier alpha value is -1.22. The largest absolute Gasteiger partial charge is 0.497 e. The fourth-order valence-electron chi connectivity index (χ4n) is 2.18. The Kier molecular flexibility index (Phi) is 5.46. The molecule has 1 aromatic carbocycles. The highest BCUT2D eigenvalue weighted by Gasteiger charge is 2.27. The lowest BCUT2D eigenvalue weighted by molar-refractivity contribution is 0.0833. The van der Waals surface area contributed by atoms with E-state index in [9.17, 15) is 0 Å². The van der Waals surface area contributed by atoms with Gasteiger partial charge in [-0.25, -0.2) is 0 Å². The van der Waals surface area contributed by atoms with E-state index in [-0.39, 0.29) is 11.0 Å². The molecular weight excluding hydrogens is 250 g/mol. The van der Waals surface area contributed by atoms with Gasteiger partial charge in [0.1, 0.15) is 17.1 Å². The van der Waals surface area contributed by atoms with Crippen molar-refractivity contribution in [3.05, 3.63) is 23.8 Å². The minimum Gasteiger partial charge on any atom is -0.497 e. The van der Waals surface area contributed by atoms with Gasteiger partial charge in [-0.05, 0) is 44.0 Å². The Bertz CT molecular complexity index is 437. The average Bonchev–Trinajstić information content (AvgIpc) is 2.38. The number of methoxy groups -OCH3 is 1. The van der Waals surface area contributed by atoms with Gasteiger partial charge in [0, 0.05) is 12.1 Å². The average molecular weight is 279 g/mol. The molecule has 3 nitrogen and oxygen atoms in total. The van der Waals surface area contributed by atoms with Crippen LogP contribution in [0.2, 0.25) is 0 Å².